The molecule has 1 aromatic rings. The second kappa shape index (κ2) is 5.54. The first-order valence-electron chi connectivity index (χ1n) is 3.87. The van der Waals surface area contributed by atoms with Crippen LogP contribution in [0.3, 0.4) is 0 Å². The van der Waals surface area contributed by atoms with E-state index in [9.17, 15) is 8.42 Å². The van der Waals surface area contributed by atoms with Crippen LogP contribution in [0.25, 0.3) is 0 Å². The second-order valence-corrected chi connectivity index (χ2v) is 4.23. The molecule has 0 radical (unpaired) electrons. The average molecular weight is 235 g/mol. The van der Waals surface area contributed by atoms with Crippen LogP contribution in [-0.2, 0) is 16.7 Å². The highest BCUT2D eigenvalue weighted by atomic mass is 32.2. The summed E-state index contributed by atoms with van der Waals surface area (Å²) in [5.74, 6) is -0.236. The largest absolute Gasteiger partial charge is 0.504 e. The molecule has 86 valence electrons. The molecule has 0 atom stereocenters. The number of hydrogen-bond acceptors (Lipinski definition) is 5. The minimum absolute atomic E-state index is 0.114. The van der Waals surface area contributed by atoms with Crippen LogP contribution in [0, 0.1) is 0 Å². The van der Waals surface area contributed by atoms with Crippen molar-refractivity contribution in [2.75, 3.05) is 6.26 Å². The molecule has 0 spiro atoms. The fourth-order valence-electron chi connectivity index (χ4n) is 0.696. The first-order chi connectivity index (χ1) is 6.74. The van der Waals surface area contributed by atoms with Gasteiger partial charge in [-0.25, -0.2) is 0 Å². The second-order valence-electron chi connectivity index (χ2n) is 2.76. The fraction of sp³-hybridized carbons (Fsp3) is 0.250. The van der Waals surface area contributed by atoms with Gasteiger partial charge in [-0.3, -0.25) is 4.55 Å². The maximum atomic E-state index is 9.19. The van der Waals surface area contributed by atoms with Crippen LogP contribution in [0.5, 0.6) is 11.5 Å². The van der Waals surface area contributed by atoms with Gasteiger partial charge in [-0.05, 0) is 17.7 Å². The maximum Gasteiger partial charge on any atom is 0.261 e. The van der Waals surface area contributed by atoms with Crippen molar-refractivity contribution in [1.82, 2.24) is 0 Å². The van der Waals surface area contributed by atoms with E-state index in [-0.39, 0.29) is 11.5 Å². The van der Waals surface area contributed by atoms with E-state index in [0.717, 1.165) is 5.56 Å². The third-order valence-corrected chi connectivity index (χ3v) is 1.28. The zero-order valence-corrected chi connectivity index (χ0v) is 8.90. The normalized spacial score (nSPS) is 10.3. The molecular weight excluding hydrogens is 222 g/mol. The Hall–Kier alpha value is -1.31. The molecule has 0 unspecified atom stereocenters. The summed E-state index contributed by atoms with van der Waals surface area (Å²) in [5.41, 5.74) is 6.08. The quantitative estimate of drug-likeness (QED) is 0.403. The smallest absolute Gasteiger partial charge is 0.261 e. The van der Waals surface area contributed by atoms with Gasteiger partial charge in [0, 0.05) is 6.54 Å². The molecule has 0 saturated carbocycles. The van der Waals surface area contributed by atoms with Gasteiger partial charge in [-0.15, -0.1) is 0 Å². The minimum atomic E-state index is -3.67. The van der Waals surface area contributed by atoms with Crippen LogP contribution in [0.2, 0.25) is 0 Å². The summed E-state index contributed by atoms with van der Waals surface area (Å²) in [4.78, 5) is 0. The van der Waals surface area contributed by atoms with Gasteiger partial charge < -0.3 is 15.9 Å². The van der Waals surface area contributed by atoms with Crippen LogP contribution in [0.1, 0.15) is 5.56 Å². The van der Waals surface area contributed by atoms with Crippen molar-refractivity contribution in [2.45, 2.75) is 6.54 Å². The van der Waals surface area contributed by atoms with Crippen molar-refractivity contribution in [2.24, 2.45) is 5.73 Å². The fourth-order valence-corrected chi connectivity index (χ4v) is 0.696. The summed E-state index contributed by atoms with van der Waals surface area (Å²) in [7, 11) is -3.67. The van der Waals surface area contributed by atoms with Crippen LogP contribution < -0.4 is 5.73 Å². The standard InChI is InChI=1S/C7H9NO2.CH4O3S/c8-4-5-1-2-6(9)7(10)3-5;1-5(2,3)4/h1-3,9-10H,4,8H2;1H3,(H,2,3,4). The lowest BCUT2D eigenvalue weighted by molar-refractivity contribution is 0.403. The van der Waals surface area contributed by atoms with E-state index in [1.165, 1.54) is 12.1 Å². The molecule has 7 heteroatoms. The number of nitrogens with two attached hydrogens (primary N) is 1. The Kier molecular flexibility index (Phi) is 5.06. The Morgan fingerprint density at radius 2 is 1.73 bits per heavy atom. The lowest BCUT2D eigenvalue weighted by Crippen LogP contribution is -1.94. The number of aromatic hydroxyl groups is 2. The first-order valence-corrected chi connectivity index (χ1v) is 5.72. The average Bonchev–Trinajstić information content (AvgIpc) is 2.07. The topological polar surface area (TPSA) is 121 Å². The number of benzene rings is 1. The van der Waals surface area contributed by atoms with Crippen molar-refractivity contribution in [3.05, 3.63) is 23.8 Å². The number of rotatable bonds is 1. The zero-order valence-electron chi connectivity index (χ0n) is 8.08. The van der Waals surface area contributed by atoms with Gasteiger partial charge >= 0.3 is 0 Å². The third-order valence-electron chi connectivity index (χ3n) is 1.28. The van der Waals surface area contributed by atoms with Gasteiger partial charge in [-0.2, -0.15) is 8.42 Å². The summed E-state index contributed by atoms with van der Waals surface area (Å²) >= 11 is 0. The summed E-state index contributed by atoms with van der Waals surface area (Å²) in [6, 6.07) is 4.52. The number of phenolic OH excluding ortho intramolecular Hbond substituents is 2. The first kappa shape index (κ1) is 13.7. The van der Waals surface area contributed by atoms with Gasteiger partial charge in [0.2, 0.25) is 0 Å². The van der Waals surface area contributed by atoms with E-state index < -0.39 is 10.1 Å². The molecular formula is C8H13NO5S. The number of hydrogen-bond donors (Lipinski definition) is 4. The molecule has 0 aliphatic carbocycles. The Labute approximate surface area is 87.7 Å². The molecule has 6 nitrogen and oxygen atoms in total. The summed E-state index contributed by atoms with van der Waals surface area (Å²) in [6.45, 7) is 0.369. The monoisotopic (exact) mass is 235 g/mol. The van der Waals surface area contributed by atoms with Crippen LogP contribution >= 0.6 is 0 Å². The molecule has 0 fully saturated rings. The van der Waals surface area contributed by atoms with Crippen LogP contribution in [0.4, 0.5) is 0 Å². The number of phenols is 2. The highest BCUT2D eigenvalue weighted by molar-refractivity contribution is 7.85. The molecule has 15 heavy (non-hydrogen) atoms. The highest BCUT2D eigenvalue weighted by Gasteiger charge is 1.97. The SMILES string of the molecule is CS(=O)(=O)O.NCc1ccc(O)c(O)c1. The van der Waals surface area contributed by atoms with E-state index in [1.807, 2.05) is 0 Å². The molecule has 1 aromatic carbocycles. The van der Waals surface area contributed by atoms with E-state index in [2.05, 4.69) is 0 Å². The summed E-state index contributed by atoms with van der Waals surface area (Å²) < 4.78 is 25.9. The van der Waals surface area contributed by atoms with Crippen LogP contribution in [0.15, 0.2) is 18.2 Å². The molecule has 0 saturated heterocycles. The molecule has 0 aromatic heterocycles. The van der Waals surface area contributed by atoms with Gasteiger partial charge in [0.1, 0.15) is 0 Å². The molecule has 0 amide bonds. The van der Waals surface area contributed by atoms with Crippen molar-refractivity contribution < 1.29 is 23.2 Å². The molecule has 0 aliphatic heterocycles. The lowest BCUT2D eigenvalue weighted by atomic mass is 10.2. The molecule has 1 rings (SSSR count). The van der Waals surface area contributed by atoms with Crippen molar-refractivity contribution >= 4 is 10.1 Å². The van der Waals surface area contributed by atoms with Gasteiger partial charge in [-0.1, -0.05) is 6.07 Å². The van der Waals surface area contributed by atoms with E-state index in [0.29, 0.717) is 12.8 Å². The van der Waals surface area contributed by atoms with E-state index >= 15 is 0 Å². The van der Waals surface area contributed by atoms with Gasteiger partial charge in [0.15, 0.2) is 11.5 Å². The van der Waals surface area contributed by atoms with Crippen molar-refractivity contribution in [1.29, 1.82) is 0 Å². The Morgan fingerprint density at radius 3 is 2.07 bits per heavy atom. The summed E-state index contributed by atoms with van der Waals surface area (Å²) in [5, 5.41) is 17.8. The molecule has 0 bridgehead atoms. The van der Waals surface area contributed by atoms with E-state index in [1.54, 1.807) is 6.07 Å². The molecule has 0 heterocycles. The molecule has 5 N–H and O–H groups in total. The maximum absolute atomic E-state index is 9.19. The van der Waals surface area contributed by atoms with E-state index in [4.69, 9.17) is 20.5 Å². The minimum Gasteiger partial charge on any atom is -0.504 e. The Balaban J connectivity index is 0.000000336. The van der Waals surface area contributed by atoms with Crippen molar-refractivity contribution in [3.8, 4) is 11.5 Å². The van der Waals surface area contributed by atoms with Gasteiger partial charge in [0.05, 0.1) is 6.26 Å². The van der Waals surface area contributed by atoms with Crippen molar-refractivity contribution in [3.63, 3.8) is 0 Å². The van der Waals surface area contributed by atoms with Gasteiger partial charge in [0.25, 0.3) is 10.1 Å². The summed E-state index contributed by atoms with van der Waals surface area (Å²) in [6.07, 6.45) is 0.715. The Bertz CT molecular complexity index is 407. The molecule has 0 aliphatic rings. The highest BCUT2D eigenvalue weighted by Crippen LogP contribution is 2.24. The third kappa shape index (κ3) is 7.74. The van der Waals surface area contributed by atoms with Crippen LogP contribution in [-0.4, -0.2) is 29.4 Å². The lowest BCUT2D eigenvalue weighted by Gasteiger charge is -1.98. The predicted molar refractivity (Wildman–Crippen MR) is 55.1 cm³/mol. The Morgan fingerprint density at radius 1 is 1.27 bits per heavy atom. The predicted octanol–water partition coefficient (Wildman–Crippen LogP) is 0.0605. The zero-order chi connectivity index (χ0) is 12.1.